The molecule has 0 atom stereocenters. The van der Waals surface area contributed by atoms with Gasteiger partial charge in [0.25, 0.3) is 0 Å². The van der Waals surface area contributed by atoms with E-state index in [1.807, 2.05) is 16.7 Å². The third-order valence-corrected chi connectivity index (χ3v) is 2.40. The van der Waals surface area contributed by atoms with Crippen molar-refractivity contribution in [2.24, 2.45) is 5.41 Å². The molecule has 0 saturated heterocycles. The van der Waals surface area contributed by atoms with Crippen molar-refractivity contribution in [2.45, 2.75) is 27.3 Å². The van der Waals surface area contributed by atoms with Gasteiger partial charge in [-0.3, -0.25) is 0 Å². The van der Waals surface area contributed by atoms with E-state index in [0.29, 0.717) is 10.9 Å². The summed E-state index contributed by atoms with van der Waals surface area (Å²) >= 11 is 6.09. The van der Waals surface area contributed by atoms with Crippen LogP contribution in [0.4, 0.5) is 0 Å². The van der Waals surface area contributed by atoms with E-state index in [2.05, 4.69) is 30.7 Å². The predicted octanol–water partition coefficient (Wildman–Crippen LogP) is 3.13. The minimum Gasteiger partial charge on any atom is -0.313 e. The minimum absolute atomic E-state index is 0.174. The standard InChI is InChI=1S/C11H14ClN3/c1-11(2,3)7-15-8-5-4-6-13-9(8)14-10(15)12/h4-6H,7H2,1-3H3. The molecule has 0 spiro atoms. The van der Waals surface area contributed by atoms with E-state index in [1.165, 1.54) is 0 Å². The predicted molar refractivity (Wildman–Crippen MR) is 62.0 cm³/mol. The Bertz CT molecular complexity index is 482. The zero-order chi connectivity index (χ0) is 11.1. The Morgan fingerprint density at radius 3 is 2.80 bits per heavy atom. The number of hydrogen-bond donors (Lipinski definition) is 0. The normalized spacial score (nSPS) is 12.3. The van der Waals surface area contributed by atoms with Gasteiger partial charge in [-0.15, -0.1) is 0 Å². The first-order chi connectivity index (χ1) is 6.97. The van der Waals surface area contributed by atoms with Crippen LogP contribution < -0.4 is 0 Å². The maximum absolute atomic E-state index is 6.09. The number of pyridine rings is 1. The number of nitrogens with zero attached hydrogens (tertiary/aromatic N) is 3. The van der Waals surface area contributed by atoms with E-state index in [1.54, 1.807) is 6.20 Å². The second kappa shape index (κ2) is 3.49. The molecular weight excluding hydrogens is 210 g/mol. The Morgan fingerprint density at radius 1 is 1.40 bits per heavy atom. The van der Waals surface area contributed by atoms with Gasteiger partial charge in [-0.25, -0.2) is 4.98 Å². The molecular formula is C11H14ClN3. The highest BCUT2D eigenvalue weighted by Crippen LogP contribution is 2.24. The summed E-state index contributed by atoms with van der Waals surface area (Å²) in [7, 11) is 0. The van der Waals surface area contributed by atoms with Gasteiger partial charge >= 0.3 is 0 Å². The summed E-state index contributed by atoms with van der Waals surface area (Å²) in [6.07, 6.45) is 1.73. The molecule has 0 aliphatic rings. The van der Waals surface area contributed by atoms with Crippen molar-refractivity contribution in [3.63, 3.8) is 0 Å². The zero-order valence-corrected chi connectivity index (χ0v) is 9.91. The smallest absolute Gasteiger partial charge is 0.205 e. The van der Waals surface area contributed by atoms with E-state index in [0.717, 1.165) is 12.1 Å². The van der Waals surface area contributed by atoms with Gasteiger partial charge in [0.15, 0.2) is 5.65 Å². The highest BCUT2D eigenvalue weighted by Gasteiger charge is 2.16. The second-order valence-electron chi connectivity index (χ2n) is 4.87. The summed E-state index contributed by atoms with van der Waals surface area (Å²) in [4.78, 5) is 8.39. The molecule has 0 fully saturated rings. The number of hydrogen-bond acceptors (Lipinski definition) is 2. The number of rotatable bonds is 1. The number of aromatic nitrogens is 3. The largest absolute Gasteiger partial charge is 0.313 e. The van der Waals surface area contributed by atoms with Gasteiger partial charge in [0.1, 0.15) is 0 Å². The van der Waals surface area contributed by atoms with Gasteiger partial charge < -0.3 is 4.57 Å². The molecule has 2 rings (SSSR count). The van der Waals surface area contributed by atoms with Crippen LogP contribution in [0.3, 0.4) is 0 Å². The Labute approximate surface area is 94.1 Å². The van der Waals surface area contributed by atoms with Crippen LogP contribution in [0.25, 0.3) is 11.2 Å². The van der Waals surface area contributed by atoms with Crippen LogP contribution in [0.1, 0.15) is 20.8 Å². The third kappa shape index (κ3) is 2.12. The first-order valence-electron chi connectivity index (χ1n) is 4.94. The van der Waals surface area contributed by atoms with Crippen molar-refractivity contribution in [1.82, 2.24) is 14.5 Å². The van der Waals surface area contributed by atoms with Crippen molar-refractivity contribution < 1.29 is 0 Å². The summed E-state index contributed by atoms with van der Waals surface area (Å²) in [6.45, 7) is 7.36. The Hall–Kier alpha value is -1.09. The molecule has 15 heavy (non-hydrogen) atoms. The van der Waals surface area contributed by atoms with Gasteiger partial charge in [0.05, 0.1) is 5.52 Å². The van der Waals surface area contributed by atoms with E-state index in [-0.39, 0.29) is 5.41 Å². The van der Waals surface area contributed by atoms with E-state index >= 15 is 0 Å². The zero-order valence-electron chi connectivity index (χ0n) is 9.16. The average Bonchev–Trinajstić information content (AvgIpc) is 2.41. The maximum Gasteiger partial charge on any atom is 0.205 e. The van der Waals surface area contributed by atoms with E-state index in [4.69, 9.17) is 11.6 Å². The summed E-state index contributed by atoms with van der Waals surface area (Å²) < 4.78 is 2.00. The van der Waals surface area contributed by atoms with E-state index < -0.39 is 0 Å². The summed E-state index contributed by atoms with van der Waals surface area (Å²) in [5, 5.41) is 0.513. The first kappa shape index (κ1) is 10.4. The molecule has 0 amide bonds. The Balaban J connectivity index is 2.54. The molecule has 0 saturated carbocycles. The van der Waals surface area contributed by atoms with Crippen LogP contribution in [-0.2, 0) is 6.54 Å². The average molecular weight is 224 g/mol. The molecule has 80 valence electrons. The summed E-state index contributed by atoms with van der Waals surface area (Å²) in [5.41, 5.74) is 1.89. The molecule has 0 bridgehead atoms. The third-order valence-electron chi connectivity index (χ3n) is 2.11. The van der Waals surface area contributed by atoms with Crippen molar-refractivity contribution in [1.29, 1.82) is 0 Å². The van der Waals surface area contributed by atoms with Crippen LogP contribution in [0.2, 0.25) is 5.28 Å². The lowest BCUT2D eigenvalue weighted by Gasteiger charge is -2.19. The monoisotopic (exact) mass is 223 g/mol. The lowest BCUT2D eigenvalue weighted by molar-refractivity contribution is 0.348. The fraction of sp³-hybridized carbons (Fsp3) is 0.455. The molecule has 0 N–H and O–H groups in total. The second-order valence-corrected chi connectivity index (χ2v) is 5.21. The van der Waals surface area contributed by atoms with Crippen LogP contribution in [-0.4, -0.2) is 14.5 Å². The van der Waals surface area contributed by atoms with Crippen LogP contribution in [0.15, 0.2) is 18.3 Å². The van der Waals surface area contributed by atoms with Gasteiger partial charge in [0, 0.05) is 12.7 Å². The highest BCUT2D eigenvalue weighted by atomic mass is 35.5. The van der Waals surface area contributed by atoms with Crippen LogP contribution in [0, 0.1) is 5.41 Å². The Kier molecular flexibility index (Phi) is 2.43. The maximum atomic E-state index is 6.09. The van der Waals surface area contributed by atoms with Gasteiger partial charge in [-0.1, -0.05) is 20.8 Å². The molecule has 3 nitrogen and oxygen atoms in total. The lowest BCUT2D eigenvalue weighted by Crippen LogP contribution is -2.15. The molecule has 2 aromatic rings. The first-order valence-corrected chi connectivity index (χ1v) is 5.32. The summed E-state index contributed by atoms with van der Waals surface area (Å²) in [5.74, 6) is 0. The highest BCUT2D eigenvalue weighted by molar-refractivity contribution is 6.29. The Morgan fingerprint density at radius 2 is 2.13 bits per heavy atom. The molecule has 2 aromatic heterocycles. The fourth-order valence-electron chi connectivity index (χ4n) is 1.56. The number of halogens is 1. The topological polar surface area (TPSA) is 30.7 Å². The lowest BCUT2D eigenvalue weighted by atomic mass is 9.97. The number of fused-ring (bicyclic) bond motifs is 1. The van der Waals surface area contributed by atoms with Crippen molar-refractivity contribution in [2.75, 3.05) is 0 Å². The molecule has 2 heterocycles. The van der Waals surface area contributed by atoms with Crippen LogP contribution in [0.5, 0.6) is 0 Å². The van der Waals surface area contributed by atoms with Gasteiger partial charge in [-0.2, -0.15) is 4.98 Å². The van der Waals surface area contributed by atoms with Crippen LogP contribution >= 0.6 is 11.6 Å². The van der Waals surface area contributed by atoms with Crippen molar-refractivity contribution in [3.05, 3.63) is 23.6 Å². The number of imidazole rings is 1. The minimum atomic E-state index is 0.174. The SMILES string of the molecule is CC(C)(C)Cn1c(Cl)nc2ncccc21. The van der Waals surface area contributed by atoms with Crippen molar-refractivity contribution >= 4 is 22.8 Å². The molecule has 0 aliphatic heterocycles. The van der Waals surface area contributed by atoms with Gasteiger partial charge in [-0.05, 0) is 29.1 Å². The quantitative estimate of drug-likeness (QED) is 0.744. The van der Waals surface area contributed by atoms with Crippen molar-refractivity contribution in [3.8, 4) is 0 Å². The van der Waals surface area contributed by atoms with E-state index in [9.17, 15) is 0 Å². The molecule has 0 radical (unpaired) electrons. The molecule has 0 unspecified atom stereocenters. The summed E-state index contributed by atoms with van der Waals surface area (Å²) in [6, 6.07) is 3.90. The van der Waals surface area contributed by atoms with Gasteiger partial charge in [0.2, 0.25) is 5.28 Å². The molecule has 0 aromatic carbocycles. The molecule has 0 aliphatic carbocycles. The fourth-order valence-corrected chi connectivity index (χ4v) is 1.79. The molecule has 4 heteroatoms.